The Balaban J connectivity index is 2.53. The second-order valence-electron chi connectivity index (χ2n) is 4.41. The van der Waals surface area contributed by atoms with Gasteiger partial charge in [-0.05, 0) is 40.5 Å². The highest BCUT2D eigenvalue weighted by Gasteiger charge is 2.09. The molecule has 0 saturated carbocycles. The van der Waals surface area contributed by atoms with Crippen LogP contribution in [0.4, 0.5) is 0 Å². The van der Waals surface area contributed by atoms with Crippen molar-refractivity contribution in [3.63, 3.8) is 0 Å². The van der Waals surface area contributed by atoms with Gasteiger partial charge in [-0.1, -0.05) is 45.0 Å². The number of benzene rings is 1. The van der Waals surface area contributed by atoms with Crippen LogP contribution in [0.25, 0.3) is 10.4 Å². The maximum Gasteiger partial charge on any atom is 0.0345 e. The van der Waals surface area contributed by atoms with Crippen LogP contribution in [-0.4, -0.2) is 0 Å². The molecule has 2 aromatic rings. The highest BCUT2D eigenvalue weighted by atomic mass is 32.1. The first-order valence-electron chi connectivity index (χ1n) is 5.89. The maximum absolute atomic E-state index is 2.36. The van der Waals surface area contributed by atoms with Crippen molar-refractivity contribution in [2.24, 2.45) is 0 Å². The molecule has 0 nitrogen and oxygen atoms in total. The van der Waals surface area contributed by atoms with E-state index in [-0.39, 0.29) is 0 Å². The zero-order chi connectivity index (χ0) is 11.5. The van der Waals surface area contributed by atoms with E-state index in [1.165, 1.54) is 21.6 Å². The van der Waals surface area contributed by atoms with Crippen molar-refractivity contribution in [2.45, 2.75) is 33.1 Å². The van der Waals surface area contributed by atoms with Gasteiger partial charge in [-0.15, -0.1) is 11.3 Å². The van der Waals surface area contributed by atoms with E-state index in [0.29, 0.717) is 5.92 Å². The first kappa shape index (κ1) is 11.4. The molecule has 0 aliphatic rings. The maximum atomic E-state index is 2.36. The molecule has 1 heteroatoms. The van der Waals surface area contributed by atoms with Crippen molar-refractivity contribution in [3.05, 3.63) is 46.8 Å². The summed E-state index contributed by atoms with van der Waals surface area (Å²) in [5.74, 6) is 0.587. The van der Waals surface area contributed by atoms with E-state index in [2.05, 4.69) is 56.5 Å². The van der Waals surface area contributed by atoms with Crippen LogP contribution in [0.15, 0.2) is 35.7 Å². The fourth-order valence-corrected chi connectivity index (χ4v) is 2.74. The molecule has 1 aromatic carbocycles. The van der Waals surface area contributed by atoms with Crippen LogP contribution in [-0.2, 0) is 6.42 Å². The van der Waals surface area contributed by atoms with E-state index in [4.69, 9.17) is 0 Å². The number of hydrogen-bond donors (Lipinski definition) is 0. The molecule has 0 radical (unpaired) electrons. The lowest BCUT2D eigenvalue weighted by molar-refractivity contribution is 0.865. The Kier molecular flexibility index (Phi) is 3.45. The van der Waals surface area contributed by atoms with Crippen LogP contribution in [0.1, 0.15) is 37.8 Å². The Morgan fingerprint density at radius 1 is 1.19 bits per heavy atom. The van der Waals surface area contributed by atoms with E-state index in [1.807, 2.05) is 11.3 Å². The van der Waals surface area contributed by atoms with Crippen LogP contribution in [0.2, 0.25) is 0 Å². The van der Waals surface area contributed by atoms with Gasteiger partial charge in [0.25, 0.3) is 0 Å². The Labute approximate surface area is 102 Å². The van der Waals surface area contributed by atoms with Gasteiger partial charge in [0.05, 0.1) is 0 Å². The molecule has 0 unspecified atom stereocenters. The Hall–Kier alpha value is -1.08. The summed E-state index contributed by atoms with van der Waals surface area (Å²) in [4.78, 5) is 1.38. The fraction of sp³-hybridized carbons (Fsp3) is 0.333. The number of hydrogen-bond acceptors (Lipinski definition) is 1. The minimum Gasteiger partial charge on any atom is -0.144 e. The molecule has 1 heterocycles. The summed E-state index contributed by atoms with van der Waals surface area (Å²) < 4.78 is 0. The van der Waals surface area contributed by atoms with Crippen LogP contribution in [0.3, 0.4) is 0 Å². The van der Waals surface area contributed by atoms with Gasteiger partial charge in [-0.2, -0.15) is 0 Å². The SMILES string of the molecule is CCc1ccc(-c2cccs2)c(C(C)C)c1. The Morgan fingerprint density at radius 2 is 2.00 bits per heavy atom. The average molecular weight is 230 g/mol. The van der Waals surface area contributed by atoms with Gasteiger partial charge in [0.2, 0.25) is 0 Å². The van der Waals surface area contributed by atoms with Gasteiger partial charge < -0.3 is 0 Å². The first-order valence-corrected chi connectivity index (χ1v) is 6.77. The third-order valence-corrected chi connectivity index (χ3v) is 3.84. The van der Waals surface area contributed by atoms with E-state index < -0.39 is 0 Å². The van der Waals surface area contributed by atoms with E-state index in [0.717, 1.165) is 6.42 Å². The molecule has 0 fully saturated rings. The smallest absolute Gasteiger partial charge is 0.0345 e. The highest BCUT2D eigenvalue weighted by Crippen LogP contribution is 2.32. The zero-order valence-electron chi connectivity index (χ0n) is 10.2. The van der Waals surface area contributed by atoms with Crippen LogP contribution in [0, 0.1) is 0 Å². The molecule has 0 saturated heterocycles. The summed E-state index contributed by atoms with van der Waals surface area (Å²) in [7, 11) is 0. The molecule has 0 bridgehead atoms. The molecule has 1 aromatic heterocycles. The van der Waals surface area contributed by atoms with Gasteiger partial charge in [0.15, 0.2) is 0 Å². The van der Waals surface area contributed by atoms with Gasteiger partial charge in [0, 0.05) is 4.88 Å². The van der Waals surface area contributed by atoms with Crippen molar-refractivity contribution in [1.82, 2.24) is 0 Å². The topological polar surface area (TPSA) is 0 Å². The molecular formula is C15H18S. The highest BCUT2D eigenvalue weighted by molar-refractivity contribution is 7.13. The molecule has 16 heavy (non-hydrogen) atoms. The molecule has 0 aliphatic carbocycles. The lowest BCUT2D eigenvalue weighted by Crippen LogP contribution is -1.93. The Bertz CT molecular complexity index is 452. The van der Waals surface area contributed by atoms with Gasteiger partial charge >= 0.3 is 0 Å². The largest absolute Gasteiger partial charge is 0.144 e. The number of thiophene rings is 1. The quantitative estimate of drug-likeness (QED) is 0.688. The third-order valence-electron chi connectivity index (χ3n) is 2.93. The summed E-state index contributed by atoms with van der Waals surface area (Å²) in [6, 6.07) is 11.2. The monoisotopic (exact) mass is 230 g/mol. The summed E-state index contributed by atoms with van der Waals surface area (Å²) in [6.45, 7) is 6.75. The molecular weight excluding hydrogens is 212 g/mol. The normalized spacial score (nSPS) is 11.0. The van der Waals surface area contributed by atoms with Crippen molar-refractivity contribution >= 4 is 11.3 Å². The minimum atomic E-state index is 0.587. The second kappa shape index (κ2) is 4.84. The van der Waals surface area contributed by atoms with Crippen molar-refractivity contribution in [2.75, 3.05) is 0 Å². The molecule has 0 aliphatic heterocycles. The summed E-state index contributed by atoms with van der Waals surface area (Å²) in [5.41, 5.74) is 4.31. The lowest BCUT2D eigenvalue weighted by atomic mass is 9.93. The van der Waals surface area contributed by atoms with Crippen LogP contribution < -0.4 is 0 Å². The summed E-state index contributed by atoms with van der Waals surface area (Å²) in [5, 5.41) is 2.15. The first-order chi connectivity index (χ1) is 7.72. The van der Waals surface area contributed by atoms with E-state index in [1.54, 1.807) is 0 Å². The average Bonchev–Trinajstić information content (AvgIpc) is 2.81. The van der Waals surface area contributed by atoms with Crippen molar-refractivity contribution in [3.8, 4) is 10.4 Å². The number of aryl methyl sites for hydroxylation is 1. The van der Waals surface area contributed by atoms with Gasteiger partial charge in [0.1, 0.15) is 0 Å². The predicted molar refractivity (Wildman–Crippen MR) is 73.2 cm³/mol. The minimum absolute atomic E-state index is 0.587. The van der Waals surface area contributed by atoms with Crippen LogP contribution >= 0.6 is 11.3 Å². The lowest BCUT2D eigenvalue weighted by Gasteiger charge is -2.13. The zero-order valence-corrected chi connectivity index (χ0v) is 11.0. The van der Waals surface area contributed by atoms with Crippen molar-refractivity contribution < 1.29 is 0 Å². The summed E-state index contributed by atoms with van der Waals surface area (Å²) in [6.07, 6.45) is 1.12. The molecule has 2 rings (SSSR count). The standard InChI is InChI=1S/C15H18S/c1-4-12-7-8-13(14(10-12)11(2)3)15-6-5-9-16-15/h5-11H,4H2,1-3H3. The summed E-state index contributed by atoms with van der Waals surface area (Å²) >= 11 is 1.82. The van der Waals surface area contributed by atoms with Gasteiger partial charge in [-0.25, -0.2) is 0 Å². The molecule has 0 atom stereocenters. The van der Waals surface area contributed by atoms with Crippen LogP contribution in [0.5, 0.6) is 0 Å². The van der Waals surface area contributed by atoms with E-state index >= 15 is 0 Å². The van der Waals surface area contributed by atoms with E-state index in [9.17, 15) is 0 Å². The third kappa shape index (κ3) is 2.19. The number of rotatable bonds is 3. The fourth-order valence-electron chi connectivity index (χ4n) is 1.97. The van der Waals surface area contributed by atoms with Crippen molar-refractivity contribution in [1.29, 1.82) is 0 Å². The predicted octanol–water partition coefficient (Wildman–Crippen LogP) is 5.10. The molecule has 84 valence electrons. The second-order valence-corrected chi connectivity index (χ2v) is 5.35. The molecule has 0 spiro atoms. The molecule has 0 amide bonds. The Morgan fingerprint density at radius 3 is 2.56 bits per heavy atom. The molecule has 0 N–H and O–H groups in total. The van der Waals surface area contributed by atoms with Gasteiger partial charge in [-0.3, -0.25) is 0 Å².